The van der Waals surface area contributed by atoms with Gasteiger partial charge in [-0.1, -0.05) is 41.4 Å². The number of halogens is 1. The van der Waals surface area contributed by atoms with Crippen LogP contribution in [0.4, 0.5) is 5.69 Å². The minimum Gasteiger partial charge on any atom is -0.495 e. The van der Waals surface area contributed by atoms with Crippen LogP contribution in [0.3, 0.4) is 0 Å². The molecule has 31 heavy (non-hydrogen) atoms. The number of carbonyl (C=O) groups excluding carboxylic acids is 1. The molecule has 1 aliphatic rings. The number of hydrogen-bond donors (Lipinski definition) is 1. The average molecular weight is 468 g/mol. The first-order valence-corrected chi connectivity index (χ1v) is 11.5. The molecule has 0 aromatic heterocycles. The Balaban J connectivity index is 1.71. The lowest BCUT2D eigenvalue weighted by molar-refractivity contribution is -0.116. The van der Waals surface area contributed by atoms with Gasteiger partial charge in [-0.25, -0.2) is 0 Å². The van der Waals surface area contributed by atoms with Crippen molar-refractivity contribution in [2.75, 3.05) is 39.2 Å². The fourth-order valence-corrected chi connectivity index (χ4v) is 5.22. The van der Waals surface area contributed by atoms with Crippen molar-refractivity contribution in [3.05, 3.63) is 52.5 Å². The Bertz CT molecular complexity index is 1040. The Hall–Kier alpha value is -2.33. The summed E-state index contributed by atoms with van der Waals surface area (Å²) in [5.74, 6) is 0.277. The molecule has 0 aliphatic carbocycles. The number of amides is 1. The third-order valence-electron chi connectivity index (χ3n) is 5.02. The number of nitrogens with one attached hydrogen (secondary N) is 1. The quantitative estimate of drug-likeness (QED) is 0.676. The van der Waals surface area contributed by atoms with Crippen molar-refractivity contribution in [1.29, 1.82) is 0 Å². The zero-order valence-corrected chi connectivity index (χ0v) is 19.3. The number of ether oxygens (including phenoxy) is 2. The summed E-state index contributed by atoms with van der Waals surface area (Å²) in [6, 6.07) is 10.8. The molecule has 1 fully saturated rings. The second kappa shape index (κ2) is 9.86. The van der Waals surface area contributed by atoms with E-state index in [1.165, 1.54) is 28.9 Å². The molecule has 2 aromatic carbocycles. The van der Waals surface area contributed by atoms with Gasteiger partial charge in [0.1, 0.15) is 11.5 Å². The minimum atomic E-state index is -3.77. The average Bonchev–Trinajstić information content (AvgIpc) is 2.73. The molecule has 1 heterocycles. The largest absolute Gasteiger partial charge is 0.495 e. The van der Waals surface area contributed by atoms with Crippen molar-refractivity contribution >= 4 is 33.4 Å². The maximum Gasteiger partial charge on any atom is 0.282 e. The van der Waals surface area contributed by atoms with Crippen molar-refractivity contribution in [2.24, 2.45) is 0 Å². The van der Waals surface area contributed by atoms with Crippen LogP contribution in [0.25, 0.3) is 0 Å². The molecule has 0 spiro atoms. The molecule has 0 atom stereocenters. The number of nitrogens with zero attached hydrogens (tertiary/aromatic N) is 2. The van der Waals surface area contributed by atoms with Crippen LogP contribution in [0.15, 0.2) is 36.4 Å². The van der Waals surface area contributed by atoms with Crippen molar-refractivity contribution in [2.45, 2.75) is 19.9 Å². The van der Waals surface area contributed by atoms with E-state index in [9.17, 15) is 13.2 Å². The lowest BCUT2D eigenvalue weighted by Crippen LogP contribution is -2.51. The number of benzene rings is 2. The number of methoxy groups -OCH3 is 2. The molecule has 0 unspecified atom stereocenters. The fraction of sp³-hybridized carbons (Fsp3) is 0.381. The van der Waals surface area contributed by atoms with Gasteiger partial charge in [-0.15, -0.1) is 0 Å². The summed E-state index contributed by atoms with van der Waals surface area (Å²) in [5.41, 5.74) is 2.35. The molecule has 2 aromatic rings. The first kappa shape index (κ1) is 23.3. The Labute approximate surface area is 187 Å². The Morgan fingerprint density at radius 3 is 2.35 bits per heavy atom. The molecule has 10 heteroatoms. The standard InChI is InChI=1S/C21H26ClN3O5S/c1-15-5-7-16(8-6-15)13-24-9-4-10-25(31(24,27)28)14-21(26)23-18-11-17(22)19(29-2)12-20(18)30-3/h5-8,11-12H,4,9-10,13-14H2,1-3H3,(H,23,26). The van der Waals surface area contributed by atoms with Crippen molar-refractivity contribution < 1.29 is 22.7 Å². The van der Waals surface area contributed by atoms with Gasteiger partial charge in [0.05, 0.1) is 31.5 Å². The molecule has 0 saturated carbocycles. The number of hydrogen-bond acceptors (Lipinski definition) is 5. The third-order valence-corrected chi connectivity index (χ3v) is 7.24. The van der Waals surface area contributed by atoms with Gasteiger partial charge in [-0.3, -0.25) is 4.79 Å². The van der Waals surface area contributed by atoms with Crippen molar-refractivity contribution in [3.63, 3.8) is 0 Å². The lowest BCUT2D eigenvalue weighted by atomic mass is 10.1. The second-order valence-electron chi connectivity index (χ2n) is 7.25. The van der Waals surface area contributed by atoms with Crippen LogP contribution < -0.4 is 14.8 Å². The molecule has 8 nitrogen and oxygen atoms in total. The van der Waals surface area contributed by atoms with Crippen LogP contribution in [-0.2, 0) is 21.5 Å². The predicted octanol–water partition coefficient (Wildman–Crippen LogP) is 3.06. The van der Waals surface area contributed by atoms with Gasteiger partial charge in [0.25, 0.3) is 10.2 Å². The monoisotopic (exact) mass is 467 g/mol. The van der Waals surface area contributed by atoms with Crippen LogP contribution >= 0.6 is 11.6 Å². The molecule has 1 saturated heterocycles. The van der Waals surface area contributed by atoms with E-state index >= 15 is 0 Å². The summed E-state index contributed by atoms with van der Waals surface area (Å²) in [5, 5.41) is 2.98. The fourth-order valence-electron chi connectivity index (χ4n) is 3.34. The Morgan fingerprint density at radius 2 is 1.71 bits per heavy atom. The maximum atomic E-state index is 13.0. The molecule has 1 aliphatic heterocycles. The summed E-state index contributed by atoms with van der Waals surface area (Å²) in [6.07, 6.45) is 0.635. The Morgan fingerprint density at radius 1 is 1.06 bits per heavy atom. The van der Waals surface area contributed by atoms with Crippen LogP contribution in [-0.4, -0.2) is 56.8 Å². The van der Waals surface area contributed by atoms with E-state index in [0.29, 0.717) is 35.2 Å². The normalized spacial score (nSPS) is 16.6. The molecule has 0 radical (unpaired) electrons. The van der Waals surface area contributed by atoms with Gasteiger partial charge in [-0.2, -0.15) is 17.0 Å². The van der Waals surface area contributed by atoms with E-state index < -0.39 is 16.1 Å². The zero-order valence-electron chi connectivity index (χ0n) is 17.7. The zero-order chi connectivity index (χ0) is 22.6. The summed E-state index contributed by atoms with van der Waals surface area (Å²) >= 11 is 6.14. The smallest absolute Gasteiger partial charge is 0.282 e. The first-order chi connectivity index (χ1) is 14.7. The van der Waals surface area contributed by atoms with E-state index in [0.717, 1.165) is 11.1 Å². The summed E-state index contributed by atoms with van der Waals surface area (Å²) in [7, 11) is -0.837. The highest BCUT2D eigenvalue weighted by molar-refractivity contribution is 7.86. The molecule has 1 amide bonds. The number of aryl methyl sites for hydroxylation is 1. The van der Waals surface area contributed by atoms with Crippen molar-refractivity contribution in [3.8, 4) is 11.5 Å². The Kier molecular flexibility index (Phi) is 7.42. The molecule has 1 N–H and O–H groups in total. The summed E-state index contributed by atoms with van der Waals surface area (Å²) in [6.45, 7) is 2.63. The van der Waals surface area contributed by atoms with E-state index in [4.69, 9.17) is 21.1 Å². The number of anilines is 1. The number of carbonyl (C=O) groups is 1. The lowest BCUT2D eigenvalue weighted by Gasteiger charge is -2.34. The van der Waals surface area contributed by atoms with E-state index in [1.54, 1.807) is 6.07 Å². The minimum absolute atomic E-state index is 0.267. The predicted molar refractivity (Wildman–Crippen MR) is 120 cm³/mol. The summed E-state index contributed by atoms with van der Waals surface area (Å²) < 4.78 is 39.1. The number of rotatable bonds is 7. The highest BCUT2D eigenvalue weighted by Gasteiger charge is 2.34. The van der Waals surface area contributed by atoms with Gasteiger partial charge >= 0.3 is 0 Å². The topological polar surface area (TPSA) is 88.2 Å². The van der Waals surface area contributed by atoms with Crippen LogP contribution in [0.2, 0.25) is 5.02 Å². The van der Waals surface area contributed by atoms with E-state index in [1.807, 2.05) is 31.2 Å². The molecular weight excluding hydrogens is 442 g/mol. The van der Waals surface area contributed by atoms with Gasteiger partial charge in [0.2, 0.25) is 5.91 Å². The van der Waals surface area contributed by atoms with Crippen LogP contribution in [0, 0.1) is 6.92 Å². The van der Waals surface area contributed by atoms with Crippen LogP contribution in [0.1, 0.15) is 17.5 Å². The van der Waals surface area contributed by atoms with Crippen LogP contribution in [0.5, 0.6) is 11.5 Å². The highest BCUT2D eigenvalue weighted by Crippen LogP contribution is 2.36. The highest BCUT2D eigenvalue weighted by atomic mass is 35.5. The van der Waals surface area contributed by atoms with Gasteiger partial charge in [0, 0.05) is 25.7 Å². The van der Waals surface area contributed by atoms with Crippen molar-refractivity contribution in [1.82, 2.24) is 8.61 Å². The molecular formula is C21H26ClN3O5S. The van der Waals surface area contributed by atoms with E-state index in [2.05, 4.69) is 5.32 Å². The molecule has 0 bridgehead atoms. The summed E-state index contributed by atoms with van der Waals surface area (Å²) in [4.78, 5) is 12.6. The van der Waals surface area contributed by atoms with Gasteiger partial charge in [-0.05, 0) is 25.0 Å². The first-order valence-electron chi connectivity index (χ1n) is 9.76. The SMILES string of the molecule is COc1cc(OC)c(NC(=O)CN2CCCN(Cc3ccc(C)cc3)S2(=O)=O)cc1Cl. The molecule has 168 valence electrons. The second-order valence-corrected chi connectivity index (χ2v) is 9.58. The van der Waals surface area contributed by atoms with Gasteiger partial charge < -0.3 is 14.8 Å². The van der Waals surface area contributed by atoms with E-state index in [-0.39, 0.29) is 19.6 Å². The molecule has 3 rings (SSSR count). The van der Waals surface area contributed by atoms with Gasteiger partial charge in [0.15, 0.2) is 0 Å². The third kappa shape index (κ3) is 5.48. The maximum absolute atomic E-state index is 13.0.